The highest BCUT2D eigenvalue weighted by atomic mass is 28.3. The average Bonchev–Trinajstić information content (AvgIpc) is 3.17. The summed E-state index contributed by atoms with van der Waals surface area (Å²) in [5, 5.41) is 15.6. The van der Waals surface area contributed by atoms with Gasteiger partial charge >= 0.3 is 0 Å². The number of allylic oxidation sites excluding steroid dienone is 4. The molecule has 302 valence electrons. The number of benzene rings is 3. The Bertz CT molecular complexity index is 1850. The first-order chi connectivity index (χ1) is 24.5. The first kappa shape index (κ1) is 46.3. The fraction of sp³-hybridized carbons (Fsp3) is 0.542. The normalized spacial score (nSPS) is 15.9. The van der Waals surface area contributed by atoms with Crippen LogP contribution >= 0.6 is 0 Å². The van der Waals surface area contributed by atoms with Gasteiger partial charge in [0.1, 0.15) is 0 Å². The number of hydrogen-bond donors (Lipinski definition) is 0. The molecule has 0 aliphatic heterocycles. The molecule has 0 saturated heterocycles. The summed E-state index contributed by atoms with van der Waals surface area (Å²) in [6.07, 6.45) is 0. The van der Waals surface area contributed by atoms with E-state index in [1.165, 1.54) is 0 Å². The van der Waals surface area contributed by atoms with Crippen molar-refractivity contribution < 1.29 is 0 Å². The lowest BCUT2D eigenvalue weighted by atomic mass is 10.1. The Labute approximate surface area is 348 Å². The maximum Gasteiger partial charge on any atom is 0.159 e. The van der Waals surface area contributed by atoms with Gasteiger partial charge in [-0.15, -0.1) is 0 Å². The van der Waals surface area contributed by atoms with Crippen LogP contribution in [0, 0.1) is 20.8 Å². The topological polar surface area (TPSA) is 0 Å². The average molecular weight is 856 g/mol. The summed E-state index contributed by atoms with van der Waals surface area (Å²) in [6.45, 7) is 64.8. The van der Waals surface area contributed by atoms with Crippen LogP contribution in [0.3, 0.4) is 0 Å². The van der Waals surface area contributed by atoms with E-state index in [0.717, 1.165) is 0 Å². The minimum Gasteiger partial charge on any atom is -0.0656 e. The summed E-state index contributed by atoms with van der Waals surface area (Å²) in [4.78, 5) is 0. The second kappa shape index (κ2) is 14.7. The second-order valence-electron chi connectivity index (χ2n) is 24.0. The Balaban J connectivity index is 2.68. The Morgan fingerprint density at radius 1 is 0.309 bits per heavy atom. The molecule has 7 heteroatoms. The lowest BCUT2D eigenvalue weighted by Gasteiger charge is -2.50. The highest BCUT2D eigenvalue weighted by Gasteiger charge is 2.57. The van der Waals surface area contributed by atoms with E-state index in [-0.39, 0.29) is 0 Å². The SMILES string of the molecule is CC1=C(C)C([Si](c2c(C)cc([Si](C)(C)C)cc2[Si](C)(C)C)(c2c(C)cc([Si](C)(C)C)cc2[Si](C)(C)C)c2c(C)cc([Si](C)(C)C)cc2[Si](C)(C)C)C(C)=C1C. The van der Waals surface area contributed by atoms with Crippen molar-refractivity contribution in [3.63, 3.8) is 0 Å². The van der Waals surface area contributed by atoms with Gasteiger partial charge in [-0.1, -0.05) is 213 Å². The molecule has 0 radical (unpaired) electrons. The van der Waals surface area contributed by atoms with E-state index in [1.807, 2.05) is 0 Å². The van der Waals surface area contributed by atoms with E-state index in [4.69, 9.17) is 0 Å². The van der Waals surface area contributed by atoms with Crippen LogP contribution in [0.5, 0.6) is 0 Å². The van der Waals surface area contributed by atoms with Gasteiger partial charge in [0.25, 0.3) is 0 Å². The van der Waals surface area contributed by atoms with Gasteiger partial charge in [-0.05, 0) is 75.2 Å². The van der Waals surface area contributed by atoms with Crippen molar-refractivity contribution in [3.8, 4) is 0 Å². The predicted molar refractivity (Wildman–Crippen MR) is 277 cm³/mol. The first-order valence-electron chi connectivity index (χ1n) is 21.3. The van der Waals surface area contributed by atoms with E-state index in [0.29, 0.717) is 5.54 Å². The van der Waals surface area contributed by atoms with Crippen LogP contribution in [-0.4, -0.2) is 56.5 Å². The van der Waals surface area contributed by atoms with E-state index in [2.05, 4.69) is 203 Å². The number of hydrogen-bond acceptors (Lipinski definition) is 0. The maximum atomic E-state index is 2.81. The van der Waals surface area contributed by atoms with E-state index in [9.17, 15) is 0 Å². The van der Waals surface area contributed by atoms with Gasteiger partial charge in [-0.25, -0.2) is 0 Å². The molecule has 0 amide bonds. The molecule has 0 unspecified atom stereocenters. The summed E-state index contributed by atoms with van der Waals surface area (Å²) in [6, 6.07) is 16.6. The minimum absolute atomic E-state index is 0.372. The summed E-state index contributed by atoms with van der Waals surface area (Å²) >= 11 is 0. The smallest absolute Gasteiger partial charge is 0.0656 e. The molecule has 3 aromatic carbocycles. The van der Waals surface area contributed by atoms with Crippen LogP contribution in [-0.2, 0) is 0 Å². The Morgan fingerprint density at radius 2 is 0.527 bits per heavy atom. The third kappa shape index (κ3) is 8.42. The molecule has 1 aliphatic carbocycles. The fourth-order valence-corrected chi connectivity index (χ4v) is 30.6. The monoisotopic (exact) mass is 854 g/mol. The molecule has 0 nitrogen and oxygen atoms in total. The van der Waals surface area contributed by atoms with E-state index in [1.54, 1.807) is 85.7 Å². The molecule has 0 heterocycles. The van der Waals surface area contributed by atoms with Crippen LogP contribution in [0.1, 0.15) is 44.4 Å². The van der Waals surface area contributed by atoms with Gasteiger partial charge in [-0.3, -0.25) is 0 Å². The van der Waals surface area contributed by atoms with Gasteiger partial charge < -0.3 is 0 Å². The Kier molecular flexibility index (Phi) is 12.4. The third-order valence-corrected chi connectivity index (χ3v) is 32.2. The molecule has 0 saturated carbocycles. The van der Waals surface area contributed by atoms with Gasteiger partial charge in [0, 0.05) is 5.54 Å². The van der Waals surface area contributed by atoms with E-state index < -0.39 is 56.5 Å². The molecule has 4 rings (SSSR count). The lowest BCUT2D eigenvalue weighted by molar-refractivity contribution is 1.09. The van der Waals surface area contributed by atoms with Crippen molar-refractivity contribution >= 4 is 103 Å². The van der Waals surface area contributed by atoms with Crippen molar-refractivity contribution in [2.24, 2.45) is 0 Å². The van der Waals surface area contributed by atoms with Crippen molar-refractivity contribution in [1.29, 1.82) is 0 Å². The van der Waals surface area contributed by atoms with Crippen LogP contribution in [0.4, 0.5) is 0 Å². The highest BCUT2D eigenvalue weighted by molar-refractivity contribution is 7.20. The maximum absolute atomic E-state index is 3.01. The zero-order valence-electron chi connectivity index (χ0n) is 40.5. The van der Waals surface area contributed by atoms with Gasteiger partial charge in [-0.2, -0.15) is 0 Å². The Morgan fingerprint density at radius 3 is 0.709 bits per heavy atom. The molecule has 1 aliphatic rings. The molecule has 55 heavy (non-hydrogen) atoms. The zero-order chi connectivity index (χ0) is 42.6. The molecular weight excluding hydrogens is 773 g/mol. The first-order valence-corrected chi connectivity index (χ1v) is 44.4. The molecule has 0 aromatic heterocycles. The van der Waals surface area contributed by atoms with Gasteiger partial charge in [0.05, 0.1) is 48.4 Å². The van der Waals surface area contributed by atoms with E-state index >= 15 is 0 Å². The fourth-order valence-electron chi connectivity index (χ4n) is 9.81. The highest BCUT2D eigenvalue weighted by Crippen LogP contribution is 2.47. The van der Waals surface area contributed by atoms with Crippen LogP contribution < -0.4 is 46.7 Å². The quantitative estimate of drug-likeness (QED) is 0.141. The second-order valence-corrected chi connectivity index (χ2v) is 58.0. The summed E-state index contributed by atoms with van der Waals surface area (Å²) in [7, 11) is -13.6. The van der Waals surface area contributed by atoms with Gasteiger partial charge in [0.15, 0.2) is 8.07 Å². The van der Waals surface area contributed by atoms with Crippen molar-refractivity contribution in [2.75, 3.05) is 0 Å². The molecule has 0 N–H and O–H groups in total. The molecule has 0 atom stereocenters. The largest absolute Gasteiger partial charge is 0.159 e. The van der Waals surface area contributed by atoms with Crippen LogP contribution in [0.15, 0.2) is 58.7 Å². The van der Waals surface area contributed by atoms with Crippen molar-refractivity contribution in [2.45, 2.75) is 172 Å². The Hall–Kier alpha value is -1.34. The molecule has 3 aromatic rings. The van der Waals surface area contributed by atoms with Gasteiger partial charge in [0.2, 0.25) is 0 Å². The van der Waals surface area contributed by atoms with Crippen molar-refractivity contribution in [1.82, 2.24) is 0 Å². The molecule has 0 fully saturated rings. The minimum atomic E-state index is -3.01. The van der Waals surface area contributed by atoms with Crippen LogP contribution in [0.2, 0.25) is 123 Å². The lowest BCUT2D eigenvalue weighted by Crippen LogP contribution is -2.83. The molecule has 0 spiro atoms. The summed E-state index contributed by atoms with van der Waals surface area (Å²) < 4.78 is 0. The van der Waals surface area contributed by atoms with Crippen molar-refractivity contribution in [3.05, 3.63) is 75.4 Å². The predicted octanol–water partition coefficient (Wildman–Crippen LogP) is 9.41. The standard InChI is InChI=1S/C48H82Si7/c1-32-26-39(49(8,9)10)29-42(52(17,18)19)45(32)55(48-37(6)35(4)36(5)38(48)7,46-33(2)27-40(50(11,12)13)30-43(46)53(20,21)22)47-34(3)28-41(51(14,15)16)31-44(47)54(23,24)25/h26-31,48H,1-25H3. The molecular formula is C48H82Si7. The number of aryl methyl sites for hydroxylation is 3. The summed E-state index contributed by atoms with van der Waals surface area (Å²) in [5.74, 6) is 0. The molecule has 0 bridgehead atoms. The zero-order valence-corrected chi connectivity index (χ0v) is 47.5. The van der Waals surface area contributed by atoms with Crippen LogP contribution in [0.25, 0.3) is 0 Å². The third-order valence-electron chi connectivity index (χ3n) is 13.3. The number of rotatable bonds is 10. The summed E-state index contributed by atoms with van der Waals surface area (Å²) in [5.41, 5.74) is 11.5.